The van der Waals surface area contributed by atoms with E-state index in [0.29, 0.717) is 0 Å². The Morgan fingerprint density at radius 3 is 3.10 bits per heavy atom. The van der Waals surface area contributed by atoms with Crippen molar-refractivity contribution in [3.05, 3.63) is 39.6 Å². The molecule has 106 valence electrons. The summed E-state index contributed by atoms with van der Waals surface area (Å²) in [6, 6.07) is 4.85. The Bertz CT molecular complexity index is 582. The van der Waals surface area contributed by atoms with Crippen LogP contribution in [-0.4, -0.2) is 34.5 Å². The lowest BCUT2D eigenvalue weighted by atomic mass is 10.0. The minimum atomic E-state index is 0.280. The van der Waals surface area contributed by atoms with Crippen LogP contribution in [0.1, 0.15) is 40.0 Å². The molecule has 1 saturated heterocycles. The zero-order valence-electron chi connectivity index (χ0n) is 11.6. The highest BCUT2D eigenvalue weighted by Crippen LogP contribution is 2.32. The van der Waals surface area contributed by atoms with E-state index in [1.54, 1.807) is 0 Å². The molecule has 2 aliphatic heterocycles. The van der Waals surface area contributed by atoms with Gasteiger partial charge in [-0.2, -0.15) is 0 Å². The molecule has 0 aliphatic carbocycles. The maximum atomic E-state index is 4.51. The highest BCUT2D eigenvalue weighted by atomic mass is 32.1. The van der Waals surface area contributed by atoms with Crippen molar-refractivity contribution < 1.29 is 0 Å². The number of rotatable bonds is 3. The minimum absolute atomic E-state index is 0.280. The third-order valence-electron chi connectivity index (χ3n) is 4.29. The Kier molecular flexibility index (Phi) is 3.34. The van der Waals surface area contributed by atoms with Gasteiger partial charge in [-0.3, -0.25) is 4.90 Å². The average Bonchev–Trinajstić information content (AvgIpc) is 3.19. The van der Waals surface area contributed by atoms with Crippen LogP contribution in [0.2, 0.25) is 0 Å². The van der Waals surface area contributed by atoms with Crippen LogP contribution in [0, 0.1) is 0 Å². The average molecular weight is 288 g/mol. The van der Waals surface area contributed by atoms with Gasteiger partial charge in [-0.1, -0.05) is 0 Å². The topological polar surface area (TPSA) is 44.0 Å². The molecule has 1 fully saturated rings. The largest absolute Gasteiger partial charge is 0.348 e. The molecule has 2 aromatic heterocycles. The molecule has 0 bridgehead atoms. The number of H-pyrrole nitrogens is 1. The fourth-order valence-corrected chi connectivity index (χ4v) is 4.38. The zero-order chi connectivity index (χ0) is 13.4. The number of fused-ring (bicyclic) bond motifs is 1. The van der Waals surface area contributed by atoms with Crippen molar-refractivity contribution in [1.29, 1.82) is 0 Å². The quantitative estimate of drug-likeness (QED) is 0.911. The van der Waals surface area contributed by atoms with Crippen molar-refractivity contribution in [1.82, 2.24) is 20.2 Å². The molecule has 4 heterocycles. The summed E-state index contributed by atoms with van der Waals surface area (Å²) in [6.45, 7) is 4.67. The molecule has 0 amide bonds. The fourth-order valence-electron chi connectivity index (χ4n) is 3.25. The predicted octanol–water partition coefficient (Wildman–Crippen LogP) is 2.30. The van der Waals surface area contributed by atoms with E-state index < -0.39 is 0 Å². The van der Waals surface area contributed by atoms with E-state index in [0.717, 1.165) is 19.5 Å². The molecule has 0 aromatic carbocycles. The first-order valence-electron chi connectivity index (χ1n) is 7.46. The van der Waals surface area contributed by atoms with Crippen molar-refractivity contribution in [2.24, 2.45) is 0 Å². The Hall–Kier alpha value is -1.17. The van der Waals surface area contributed by atoms with Crippen LogP contribution in [0.3, 0.4) is 0 Å². The number of imidazole rings is 1. The first-order valence-corrected chi connectivity index (χ1v) is 8.28. The molecule has 0 saturated carbocycles. The molecule has 2 N–H and O–H groups in total. The fraction of sp³-hybridized carbons (Fsp3) is 0.533. The molecule has 2 aliphatic rings. The van der Waals surface area contributed by atoms with E-state index >= 15 is 0 Å². The number of hydrogen-bond acceptors (Lipinski definition) is 4. The van der Waals surface area contributed by atoms with Gasteiger partial charge in [-0.05, 0) is 38.1 Å². The molecule has 4 nitrogen and oxygen atoms in total. The number of nitrogens with one attached hydrogen (secondary N) is 2. The summed E-state index contributed by atoms with van der Waals surface area (Å²) in [5.74, 6) is 0. The minimum Gasteiger partial charge on any atom is -0.348 e. The summed E-state index contributed by atoms with van der Waals surface area (Å²) >= 11 is 1.94. The van der Waals surface area contributed by atoms with Crippen LogP contribution < -0.4 is 5.32 Å². The van der Waals surface area contributed by atoms with E-state index in [1.807, 2.05) is 17.7 Å². The molecule has 4 rings (SSSR count). The summed E-state index contributed by atoms with van der Waals surface area (Å²) in [6.07, 6.45) is 5.60. The van der Waals surface area contributed by atoms with Crippen LogP contribution in [0.4, 0.5) is 0 Å². The zero-order valence-corrected chi connectivity index (χ0v) is 12.4. The van der Waals surface area contributed by atoms with E-state index in [2.05, 4.69) is 32.3 Å². The lowest BCUT2D eigenvalue weighted by Gasteiger charge is -2.21. The van der Waals surface area contributed by atoms with E-state index in [9.17, 15) is 0 Å². The maximum absolute atomic E-state index is 4.51. The van der Waals surface area contributed by atoms with Gasteiger partial charge in [0.25, 0.3) is 0 Å². The van der Waals surface area contributed by atoms with Crippen LogP contribution in [0.5, 0.6) is 0 Å². The van der Waals surface area contributed by atoms with Gasteiger partial charge in [-0.25, -0.2) is 4.98 Å². The van der Waals surface area contributed by atoms with Crippen LogP contribution in [0.15, 0.2) is 18.5 Å². The second-order valence-electron chi connectivity index (χ2n) is 5.69. The maximum Gasteiger partial charge on any atom is 0.0926 e. The molecule has 20 heavy (non-hydrogen) atoms. The smallest absolute Gasteiger partial charge is 0.0926 e. The van der Waals surface area contributed by atoms with Gasteiger partial charge in [0.1, 0.15) is 0 Å². The Morgan fingerprint density at radius 2 is 2.20 bits per heavy atom. The first-order chi connectivity index (χ1) is 9.90. The highest BCUT2D eigenvalue weighted by Gasteiger charge is 2.25. The number of aromatic nitrogens is 2. The summed E-state index contributed by atoms with van der Waals surface area (Å²) < 4.78 is 0. The van der Waals surface area contributed by atoms with Crippen molar-refractivity contribution >= 4 is 11.3 Å². The SMILES string of the molecule is c1nc2c([nH]1)CCN[C@H]2c1ccc(CN2CCCC2)s1. The Morgan fingerprint density at radius 1 is 1.30 bits per heavy atom. The standard InChI is InChI=1S/C15H20N4S/c1-2-8-19(7-1)9-11-3-4-13(20-11)15-14-12(5-6-16-15)17-10-18-14/h3-4,10,15-16H,1-2,5-9H2,(H,17,18)/t15-/m0/s1. The number of hydrogen-bond donors (Lipinski definition) is 2. The third-order valence-corrected chi connectivity index (χ3v) is 5.43. The molecule has 5 heteroatoms. The molecule has 0 radical (unpaired) electrons. The Balaban J connectivity index is 1.54. The molecule has 0 spiro atoms. The molecule has 1 atom stereocenters. The second kappa shape index (κ2) is 5.31. The van der Waals surface area contributed by atoms with Gasteiger partial charge in [0.15, 0.2) is 0 Å². The second-order valence-corrected chi connectivity index (χ2v) is 6.89. The molecular formula is C15H20N4S. The van der Waals surface area contributed by atoms with E-state index in [-0.39, 0.29) is 6.04 Å². The lowest BCUT2D eigenvalue weighted by Crippen LogP contribution is -2.30. The summed E-state index contributed by atoms with van der Waals surface area (Å²) in [5.41, 5.74) is 2.48. The van der Waals surface area contributed by atoms with Crippen molar-refractivity contribution in [3.63, 3.8) is 0 Å². The molecule has 2 aromatic rings. The monoisotopic (exact) mass is 288 g/mol. The number of nitrogens with zero attached hydrogens (tertiary/aromatic N) is 2. The first kappa shape index (κ1) is 12.6. The molecular weight excluding hydrogens is 268 g/mol. The van der Waals surface area contributed by atoms with Gasteiger partial charge in [-0.15, -0.1) is 11.3 Å². The number of aromatic amines is 1. The van der Waals surface area contributed by atoms with Gasteiger partial charge in [0, 0.05) is 35.0 Å². The predicted molar refractivity (Wildman–Crippen MR) is 81.0 cm³/mol. The summed E-state index contributed by atoms with van der Waals surface area (Å²) in [4.78, 5) is 13.2. The van der Waals surface area contributed by atoms with E-state index in [4.69, 9.17) is 0 Å². The van der Waals surface area contributed by atoms with Gasteiger partial charge >= 0.3 is 0 Å². The highest BCUT2D eigenvalue weighted by molar-refractivity contribution is 7.12. The number of likely N-dealkylation sites (tertiary alicyclic amines) is 1. The molecule has 0 unspecified atom stereocenters. The normalized spacial score (nSPS) is 23.1. The van der Waals surface area contributed by atoms with E-state index in [1.165, 1.54) is 47.1 Å². The van der Waals surface area contributed by atoms with Crippen molar-refractivity contribution in [2.45, 2.75) is 31.8 Å². The van der Waals surface area contributed by atoms with Gasteiger partial charge in [0.05, 0.1) is 18.1 Å². The Labute approximate surface area is 123 Å². The summed E-state index contributed by atoms with van der Waals surface area (Å²) in [7, 11) is 0. The third kappa shape index (κ3) is 2.30. The lowest BCUT2D eigenvalue weighted by molar-refractivity contribution is 0.334. The van der Waals surface area contributed by atoms with Crippen molar-refractivity contribution in [3.8, 4) is 0 Å². The van der Waals surface area contributed by atoms with Gasteiger partial charge < -0.3 is 10.3 Å². The van der Waals surface area contributed by atoms with Crippen LogP contribution in [0.25, 0.3) is 0 Å². The van der Waals surface area contributed by atoms with Crippen LogP contribution in [-0.2, 0) is 13.0 Å². The number of thiophene rings is 1. The van der Waals surface area contributed by atoms with Crippen molar-refractivity contribution in [2.75, 3.05) is 19.6 Å². The summed E-state index contributed by atoms with van der Waals surface area (Å²) in [5, 5.41) is 3.60. The van der Waals surface area contributed by atoms with Gasteiger partial charge in [0.2, 0.25) is 0 Å². The van der Waals surface area contributed by atoms with Crippen LogP contribution >= 0.6 is 11.3 Å².